The maximum Gasteiger partial charge on any atom is 0.408 e. The molecular formula is C24H29N3O3. The molecule has 0 saturated heterocycles. The lowest BCUT2D eigenvalue weighted by atomic mass is 10.0. The highest BCUT2D eigenvalue weighted by molar-refractivity contribution is 5.97. The number of ether oxygens (including phenoxy) is 1. The van der Waals surface area contributed by atoms with Crippen molar-refractivity contribution in [3.8, 4) is 0 Å². The lowest BCUT2D eigenvalue weighted by Gasteiger charge is -2.23. The standard InChI is InChI=1S/C24H29N3O3/c1-15-10-11-18(12-16(15)2)26-22(28)21(27-23(29)30-24(3,4)5)13-17-14-25-20-9-7-6-8-19(17)20/h6-12,14,21,25H,13H2,1-5H3,(H,26,28)(H,27,29)/t21-/m0/s1. The molecule has 3 aromatic rings. The molecule has 1 atom stereocenters. The van der Waals surface area contributed by atoms with Gasteiger partial charge in [-0.3, -0.25) is 4.79 Å². The van der Waals surface area contributed by atoms with Crippen LogP contribution in [0.4, 0.5) is 10.5 Å². The van der Waals surface area contributed by atoms with Crippen LogP contribution in [0.5, 0.6) is 0 Å². The quantitative estimate of drug-likeness (QED) is 0.565. The van der Waals surface area contributed by atoms with Crippen molar-refractivity contribution in [1.82, 2.24) is 10.3 Å². The molecule has 0 unspecified atom stereocenters. The molecule has 6 nitrogen and oxygen atoms in total. The molecule has 0 aliphatic carbocycles. The number of alkyl carbamates (subject to hydrolysis) is 1. The van der Waals surface area contributed by atoms with Crippen LogP contribution in [0.3, 0.4) is 0 Å². The fraction of sp³-hybridized carbons (Fsp3) is 0.333. The Morgan fingerprint density at radius 2 is 1.80 bits per heavy atom. The van der Waals surface area contributed by atoms with E-state index in [4.69, 9.17) is 4.74 Å². The maximum absolute atomic E-state index is 13.1. The van der Waals surface area contributed by atoms with Crippen molar-refractivity contribution in [1.29, 1.82) is 0 Å². The molecule has 0 spiro atoms. The Balaban J connectivity index is 1.83. The van der Waals surface area contributed by atoms with Gasteiger partial charge in [0.2, 0.25) is 5.91 Å². The smallest absolute Gasteiger partial charge is 0.408 e. The molecule has 0 radical (unpaired) electrons. The van der Waals surface area contributed by atoms with E-state index in [9.17, 15) is 9.59 Å². The number of hydrogen-bond donors (Lipinski definition) is 3. The fourth-order valence-electron chi connectivity index (χ4n) is 3.23. The van der Waals surface area contributed by atoms with Gasteiger partial charge in [0.1, 0.15) is 11.6 Å². The molecule has 1 heterocycles. The van der Waals surface area contributed by atoms with E-state index in [0.29, 0.717) is 12.1 Å². The summed E-state index contributed by atoms with van der Waals surface area (Å²) in [6.07, 6.45) is 1.58. The monoisotopic (exact) mass is 407 g/mol. The van der Waals surface area contributed by atoms with Crippen LogP contribution in [0.2, 0.25) is 0 Å². The zero-order valence-electron chi connectivity index (χ0n) is 18.1. The van der Waals surface area contributed by atoms with Crippen LogP contribution in [0.1, 0.15) is 37.5 Å². The highest BCUT2D eigenvalue weighted by atomic mass is 16.6. The van der Waals surface area contributed by atoms with Gasteiger partial charge in [0, 0.05) is 29.2 Å². The van der Waals surface area contributed by atoms with Crippen molar-refractivity contribution in [3.05, 3.63) is 65.4 Å². The summed E-state index contributed by atoms with van der Waals surface area (Å²) < 4.78 is 5.37. The number of carbonyl (C=O) groups is 2. The number of carbonyl (C=O) groups excluding carboxylic acids is 2. The Kier molecular flexibility index (Phi) is 6.15. The predicted octanol–water partition coefficient (Wildman–Crippen LogP) is 4.86. The van der Waals surface area contributed by atoms with Gasteiger partial charge in [0.25, 0.3) is 0 Å². The molecule has 2 amide bonds. The third-order valence-electron chi connectivity index (χ3n) is 4.88. The van der Waals surface area contributed by atoms with Crippen molar-refractivity contribution in [2.45, 2.75) is 52.7 Å². The van der Waals surface area contributed by atoms with Crippen LogP contribution in [-0.4, -0.2) is 28.6 Å². The van der Waals surface area contributed by atoms with Crippen LogP contribution in [0, 0.1) is 13.8 Å². The van der Waals surface area contributed by atoms with Gasteiger partial charge < -0.3 is 20.4 Å². The van der Waals surface area contributed by atoms with E-state index in [1.807, 2.05) is 62.5 Å². The first-order valence-electron chi connectivity index (χ1n) is 10.0. The largest absolute Gasteiger partial charge is 0.444 e. The number of rotatable bonds is 5. The Labute approximate surface area is 177 Å². The molecule has 0 aliphatic rings. The molecule has 3 rings (SSSR count). The lowest BCUT2D eigenvalue weighted by Crippen LogP contribution is -2.47. The second kappa shape index (κ2) is 8.61. The number of benzene rings is 2. The van der Waals surface area contributed by atoms with Crippen molar-refractivity contribution in [2.24, 2.45) is 0 Å². The Morgan fingerprint density at radius 1 is 1.07 bits per heavy atom. The van der Waals surface area contributed by atoms with E-state index in [2.05, 4.69) is 15.6 Å². The lowest BCUT2D eigenvalue weighted by molar-refractivity contribution is -0.118. The molecule has 0 bridgehead atoms. The Morgan fingerprint density at radius 3 is 2.50 bits per heavy atom. The van der Waals surface area contributed by atoms with E-state index in [-0.39, 0.29) is 5.91 Å². The number of aromatic nitrogens is 1. The third-order valence-corrected chi connectivity index (χ3v) is 4.88. The van der Waals surface area contributed by atoms with Gasteiger partial charge in [0.05, 0.1) is 0 Å². The number of anilines is 1. The first-order chi connectivity index (χ1) is 14.1. The SMILES string of the molecule is Cc1ccc(NC(=O)[C@H](Cc2c[nH]c3ccccc23)NC(=O)OC(C)(C)C)cc1C. The number of H-pyrrole nitrogens is 1. The van der Waals surface area contributed by atoms with Crippen molar-refractivity contribution in [2.75, 3.05) is 5.32 Å². The van der Waals surface area contributed by atoms with Gasteiger partial charge in [-0.2, -0.15) is 0 Å². The van der Waals surface area contributed by atoms with Crippen LogP contribution in [0.15, 0.2) is 48.7 Å². The second-order valence-corrected chi connectivity index (χ2v) is 8.55. The minimum atomic E-state index is -0.791. The van der Waals surface area contributed by atoms with E-state index < -0.39 is 17.7 Å². The fourth-order valence-corrected chi connectivity index (χ4v) is 3.23. The van der Waals surface area contributed by atoms with Crippen LogP contribution >= 0.6 is 0 Å². The summed E-state index contributed by atoms with van der Waals surface area (Å²) in [5, 5.41) is 6.68. The normalized spacial score (nSPS) is 12.4. The van der Waals surface area contributed by atoms with Crippen molar-refractivity contribution >= 4 is 28.6 Å². The van der Waals surface area contributed by atoms with Gasteiger partial charge in [0.15, 0.2) is 0 Å². The molecule has 0 aliphatic heterocycles. The van der Waals surface area contributed by atoms with E-state index in [1.165, 1.54) is 0 Å². The summed E-state index contributed by atoms with van der Waals surface area (Å²) in [7, 11) is 0. The zero-order valence-corrected chi connectivity index (χ0v) is 18.1. The summed E-state index contributed by atoms with van der Waals surface area (Å²) in [6, 6.07) is 12.8. The van der Waals surface area contributed by atoms with Gasteiger partial charge in [-0.15, -0.1) is 0 Å². The van der Waals surface area contributed by atoms with Crippen molar-refractivity contribution in [3.63, 3.8) is 0 Å². The first-order valence-corrected chi connectivity index (χ1v) is 10.0. The van der Waals surface area contributed by atoms with Crippen LogP contribution in [0.25, 0.3) is 10.9 Å². The summed E-state index contributed by atoms with van der Waals surface area (Å²) in [4.78, 5) is 28.7. The zero-order chi connectivity index (χ0) is 21.9. The molecule has 0 fully saturated rings. The van der Waals surface area contributed by atoms with Gasteiger partial charge in [-0.05, 0) is 69.5 Å². The van der Waals surface area contributed by atoms with Gasteiger partial charge in [-0.25, -0.2) is 4.79 Å². The molecule has 1 aromatic heterocycles. The molecule has 0 saturated carbocycles. The first kappa shape index (κ1) is 21.4. The molecule has 3 N–H and O–H groups in total. The number of aryl methyl sites for hydroxylation is 2. The number of para-hydroxylation sites is 1. The number of fused-ring (bicyclic) bond motifs is 1. The third kappa shape index (κ3) is 5.41. The summed E-state index contributed by atoms with van der Waals surface area (Å²) in [6.45, 7) is 9.38. The minimum absolute atomic E-state index is 0.297. The molecule has 30 heavy (non-hydrogen) atoms. The Bertz CT molecular complexity index is 1060. The minimum Gasteiger partial charge on any atom is -0.444 e. The Hall–Kier alpha value is -3.28. The van der Waals surface area contributed by atoms with Crippen molar-refractivity contribution < 1.29 is 14.3 Å². The molecule has 2 aromatic carbocycles. The van der Waals surface area contributed by atoms with Gasteiger partial charge in [-0.1, -0.05) is 24.3 Å². The highest BCUT2D eigenvalue weighted by Crippen LogP contribution is 2.20. The topological polar surface area (TPSA) is 83.2 Å². The average molecular weight is 408 g/mol. The van der Waals surface area contributed by atoms with E-state index in [0.717, 1.165) is 27.6 Å². The number of aromatic amines is 1. The van der Waals surface area contributed by atoms with E-state index >= 15 is 0 Å². The average Bonchev–Trinajstić information content (AvgIpc) is 3.06. The maximum atomic E-state index is 13.1. The second-order valence-electron chi connectivity index (χ2n) is 8.55. The van der Waals surface area contributed by atoms with Crippen LogP contribution < -0.4 is 10.6 Å². The summed E-state index contributed by atoms with van der Waals surface area (Å²) in [5.74, 6) is -0.297. The number of amides is 2. The predicted molar refractivity (Wildman–Crippen MR) is 120 cm³/mol. The summed E-state index contributed by atoms with van der Waals surface area (Å²) >= 11 is 0. The van der Waals surface area contributed by atoms with Crippen LogP contribution in [-0.2, 0) is 16.0 Å². The molecule has 158 valence electrons. The number of nitrogens with one attached hydrogen (secondary N) is 3. The summed E-state index contributed by atoms with van der Waals surface area (Å²) in [5.41, 5.74) is 4.20. The number of hydrogen-bond acceptors (Lipinski definition) is 3. The van der Waals surface area contributed by atoms with E-state index in [1.54, 1.807) is 20.8 Å². The van der Waals surface area contributed by atoms with Gasteiger partial charge >= 0.3 is 6.09 Å². The molecular weight excluding hydrogens is 378 g/mol. The molecule has 6 heteroatoms. The highest BCUT2D eigenvalue weighted by Gasteiger charge is 2.26.